The van der Waals surface area contributed by atoms with Crippen molar-refractivity contribution in [3.63, 3.8) is 0 Å². The quantitative estimate of drug-likeness (QED) is 0.820. The van der Waals surface area contributed by atoms with Gasteiger partial charge in [-0.25, -0.2) is 4.98 Å². The minimum Gasteiger partial charge on any atom is -0.495 e. The molecule has 2 heterocycles. The van der Waals surface area contributed by atoms with Crippen LogP contribution in [0.15, 0.2) is 41.2 Å². The molecule has 0 saturated carbocycles. The average molecular weight is 371 g/mol. The van der Waals surface area contributed by atoms with Crippen molar-refractivity contribution in [2.24, 2.45) is 5.92 Å². The van der Waals surface area contributed by atoms with Crippen LogP contribution in [0.5, 0.6) is 5.75 Å². The Labute approximate surface area is 156 Å². The lowest BCUT2D eigenvalue weighted by Crippen LogP contribution is -2.40. The van der Waals surface area contributed by atoms with Crippen molar-refractivity contribution in [3.05, 3.63) is 46.9 Å². The third-order valence-electron chi connectivity index (χ3n) is 4.39. The highest BCUT2D eigenvalue weighted by Gasteiger charge is 2.27. The van der Waals surface area contributed by atoms with Crippen molar-refractivity contribution >= 4 is 34.9 Å². The number of likely N-dealkylation sites (tertiary alicyclic amines) is 1. The summed E-state index contributed by atoms with van der Waals surface area (Å²) in [6.07, 6.45) is 4.57. The van der Waals surface area contributed by atoms with E-state index in [0.717, 1.165) is 5.69 Å². The van der Waals surface area contributed by atoms with Gasteiger partial charge in [-0.1, -0.05) is 12.1 Å². The monoisotopic (exact) mass is 371 g/mol. The Morgan fingerprint density at radius 3 is 2.77 bits per heavy atom. The van der Waals surface area contributed by atoms with E-state index < -0.39 is 0 Å². The summed E-state index contributed by atoms with van der Waals surface area (Å²) in [5.41, 5.74) is 3.19. The molecule has 2 aromatic rings. The molecular formula is C19H21N3O3S. The molecule has 3 rings (SSSR count). The highest BCUT2D eigenvalue weighted by Crippen LogP contribution is 2.25. The molecule has 0 spiro atoms. The summed E-state index contributed by atoms with van der Waals surface area (Å²) in [6.45, 7) is 1.15. The number of thiazole rings is 1. The van der Waals surface area contributed by atoms with Crippen LogP contribution in [-0.2, 0) is 9.59 Å². The number of hydrogen-bond acceptors (Lipinski definition) is 5. The molecule has 0 unspecified atom stereocenters. The van der Waals surface area contributed by atoms with Gasteiger partial charge in [0.2, 0.25) is 11.8 Å². The summed E-state index contributed by atoms with van der Waals surface area (Å²) >= 11 is 1.49. The molecule has 0 bridgehead atoms. The maximum atomic E-state index is 12.5. The van der Waals surface area contributed by atoms with Gasteiger partial charge < -0.3 is 15.0 Å². The van der Waals surface area contributed by atoms with E-state index in [1.54, 1.807) is 29.7 Å². The molecule has 1 aliphatic rings. The molecule has 0 atom stereocenters. The molecule has 6 nitrogen and oxygen atoms in total. The van der Waals surface area contributed by atoms with Crippen molar-refractivity contribution in [1.82, 2.24) is 9.88 Å². The van der Waals surface area contributed by atoms with Crippen molar-refractivity contribution in [2.45, 2.75) is 12.8 Å². The maximum Gasteiger partial charge on any atom is 0.246 e. The number of aromatic nitrogens is 1. The molecule has 2 amide bonds. The Bertz CT molecular complexity index is 781. The summed E-state index contributed by atoms with van der Waals surface area (Å²) in [4.78, 5) is 30.6. The summed E-state index contributed by atoms with van der Waals surface area (Å²) in [5.74, 6) is 0.466. The van der Waals surface area contributed by atoms with Gasteiger partial charge >= 0.3 is 0 Å². The number of para-hydroxylation sites is 2. The number of rotatable bonds is 5. The Hall–Kier alpha value is -2.67. The number of nitrogens with one attached hydrogen (secondary N) is 1. The average Bonchev–Trinajstić information content (AvgIpc) is 3.20. The van der Waals surface area contributed by atoms with E-state index in [1.165, 1.54) is 11.3 Å². The second kappa shape index (κ2) is 8.62. The van der Waals surface area contributed by atoms with Gasteiger partial charge in [0.1, 0.15) is 5.75 Å². The predicted octanol–water partition coefficient (Wildman–Crippen LogP) is 3.04. The van der Waals surface area contributed by atoms with Crippen molar-refractivity contribution in [2.75, 3.05) is 25.5 Å². The van der Waals surface area contributed by atoms with E-state index in [0.29, 0.717) is 37.4 Å². The van der Waals surface area contributed by atoms with Crippen LogP contribution in [0, 0.1) is 5.92 Å². The normalized spacial score (nSPS) is 15.2. The first-order valence-electron chi connectivity index (χ1n) is 8.46. The number of methoxy groups -OCH3 is 1. The largest absolute Gasteiger partial charge is 0.495 e. The summed E-state index contributed by atoms with van der Waals surface area (Å²) < 4.78 is 5.26. The lowest BCUT2D eigenvalue weighted by atomic mass is 9.95. The number of carbonyl (C=O) groups excluding carboxylic acids is 2. The predicted molar refractivity (Wildman–Crippen MR) is 102 cm³/mol. The topological polar surface area (TPSA) is 71.5 Å². The minimum absolute atomic E-state index is 0.0281. The van der Waals surface area contributed by atoms with Crippen LogP contribution in [0.2, 0.25) is 0 Å². The van der Waals surface area contributed by atoms with E-state index in [9.17, 15) is 9.59 Å². The zero-order valence-corrected chi connectivity index (χ0v) is 15.4. The molecule has 0 aliphatic carbocycles. The van der Waals surface area contributed by atoms with Crippen LogP contribution in [0.1, 0.15) is 18.5 Å². The summed E-state index contributed by atoms with van der Waals surface area (Å²) in [7, 11) is 1.58. The lowest BCUT2D eigenvalue weighted by Gasteiger charge is -2.30. The first-order chi connectivity index (χ1) is 12.7. The van der Waals surface area contributed by atoms with E-state index >= 15 is 0 Å². The maximum absolute atomic E-state index is 12.5. The van der Waals surface area contributed by atoms with Crippen LogP contribution in [-0.4, -0.2) is 41.9 Å². The number of ether oxygens (including phenoxy) is 1. The summed E-state index contributed by atoms with van der Waals surface area (Å²) in [5, 5.41) is 4.82. The van der Waals surface area contributed by atoms with Crippen LogP contribution >= 0.6 is 11.3 Å². The molecule has 1 aliphatic heterocycles. The molecule has 1 aromatic carbocycles. The van der Waals surface area contributed by atoms with Gasteiger partial charge in [-0.3, -0.25) is 9.59 Å². The Morgan fingerprint density at radius 1 is 1.31 bits per heavy atom. The van der Waals surface area contributed by atoms with Crippen LogP contribution in [0.3, 0.4) is 0 Å². The molecule has 136 valence electrons. The van der Waals surface area contributed by atoms with Crippen molar-refractivity contribution < 1.29 is 14.3 Å². The highest BCUT2D eigenvalue weighted by atomic mass is 32.1. The fourth-order valence-electron chi connectivity index (χ4n) is 2.91. The number of nitrogens with zero attached hydrogens (tertiary/aromatic N) is 2. The third kappa shape index (κ3) is 4.49. The molecule has 1 saturated heterocycles. The summed E-state index contributed by atoms with van der Waals surface area (Å²) in [6, 6.07) is 7.34. The first kappa shape index (κ1) is 18.1. The zero-order chi connectivity index (χ0) is 18.4. The van der Waals surface area contributed by atoms with E-state index in [2.05, 4.69) is 10.3 Å². The number of carbonyl (C=O) groups is 2. The lowest BCUT2D eigenvalue weighted by molar-refractivity contribution is -0.130. The molecule has 1 fully saturated rings. The number of amides is 2. The van der Waals surface area contributed by atoms with Crippen LogP contribution in [0.4, 0.5) is 5.69 Å². The number of hydrogen-bond donors (Lipinski definition) is 1. The molecular weight excluding hydrogens is 350 g/mol. The van der Waals surface area contributed by atoms with Crippen molar-refractivity contribution in [3.8, 4) is 5.75 Å². The van der Waals surface area contributed by atoms with Gasteiger partial charge in [0.15, 0.2) is 0 Å². The van der Waals surface area contributed by atoms with Gasteiger partial charge in [-0.05, 0) is 31.1 Å². The number of benzene rings is 1. The standard InChI is InChI=1S/C19H21N3O3S/c1-25-17-5-3-2-4-16(17)21-19(24)14-8-10-22(11-9-14)18(23)7-6-15-12-26-13-20-15/h2-7,12-14H,8-11H2,1H3,(H,21,24). The third-order valence-corrected chi connectivity index (χ3v) is 5.00. The second-order valence-electron chi connectivity index (χ2n) is 6.04. The molecule has 7 heteroatoms. The Kier molecular flexibility index (Phi) is 6.01. The van der Waals surface area contributed by atoms with Crippen molar-refractivity contribution in [1.29, 1.82) is 0 Å². The highest BCUT2D eigenvalue weighted by molar-refractivity contribution is 7.07. The number of piperidine rings is 1. The molecule has 0 radical (unpaired) electrons. The van der Waals surface area contributed by atoms with Gasteiger partial charge in [0.05, 0.1) is 24.0 Å². The van der Waals surface area contributed by atoms with Crippen LogP contribution < -0.4 is 10.1 Å². The molecule has 1 aromatic heterocycles. The fourth-order valence-corrected chi connectivity index (χ4v) is 3.43. The van der Waals surface area contributed by atoms with Gasteiger partial charge in [0, 0.05) is 30.5 Å². The number of anilines is 1. The van der Waals surface area contributed by atoms with E-state index in [-0.39, 0.29) is 17.7 Å². The molecule has 1 N–H and O–H groups in total. The SMILES string of the molecule is COc1ccccc1NC(=O)C1CCN(C(=O)C=Cc2cscn2)CC1. The Morgan fingerprint density at radius 2 is 2.08 bits per heavy atom. The van der Waals surface area contributed by atoms with Gasteiger partial charge in [-0.2, -0.15) is 0 Å². The fraction of sp³-hybridized carbons (Fsp3) is 0.316. The van der Waals surface area contributed by atoms with E-state index in [1.807, 2.05) is 29.6 Å². The van der Waals surface area contributed by atoms with Gasteiger partial charge in [-0.15, -0.1) is 11.3 Å². The smallest absolute Gasteiger partial charge is 0.246 e. The first-order valence-corrected chi connectivity index (χ1v) is 9.40. The zero-order valence-electron chi connectivity index (χ0n) is 14.6. The van der Waals surface area contributed by atoms with Gasteiger partial charge in [0.25, 0.3) is 0 Å². The minimum atomic E-state index is -0.105. The van der Waals surface area contributed by atoms with E-state index in [4.69, 9.17) is 4.74 Å². The second-order valence-corrected chi connectivity index (χ2v) is 6.75. The molecule has 26 heavy (non-hydrogen) atoms. The van der Waals surface area contributed by atoms with Crippen LogP contribution in [0.25, 0.3) is 6.08 Å². The Balaban J connectivity index is 1.51.